The van der Waals surface area contributed by atoms with Crippen LogP contribution in [0.2, 0.25) is 0 Å². The highest BCUT2D eigenvalue weighted by Gasteiger charge is 2.23. The van der Waals surface area contributed by atoms with Gasteiger partial charge in [-0.1, -0.05) is 56.3 Å². The molecule has 0 aliphatic heterocycles. The first-order valence-corrected chi connectivity index (χ1v) is 6.48. The number of non-ortho nitro benzene ring substituents is 1. The molecular formula is C15H15BF4NO2-. The molecule has 0 aromatic heterocycles. The summed E-state index contributed by atoms with van der Waals surface area (Å²) < 4.78 is 29.0. The van der Waals surface area contributed by atoms with Crippen LogP contribution in [0.1, 0.15) is 25.0 Å². The number of rotatable bonds is 3. The molecule has 0 saturated heterocycles. The third-order valence-corrected chi connectivity index (χ3v) is 3.30. The number of nitrogens with zero attached hydrogens (tertiary/aromatic N) is 1. The zero-order chi connectivity index (χ0) is 16.8. The van der Waals surface area contributed by atoms with Crippen molar-refractivity contribution in [1.82, 2.24) is 0 Å². The molecular weight excluding hydrogens is 313 g/mol. The third kappa shape index (κ3) is 6.10. The summed E-state index contributed by atoms with van der Waals surface area (Å²) in [5, 5.41) is 10.6. The first-order valence-electron chi connectivity index (χ1n) is 6.48. The van der Waals surface area contributed by atoms with Gasteiger partial charge in [0, 0.05) is 17.5 Å². The molecule has 23 heavy (non-hydrogen) atoms. The van der Waals surface area contributed by atoms with Crippen molar-refractivity contribution < 1.29 is 22.6 Å². The molecule has 0 amide bonds. The molecule has 0 aliphatic carbocycles. The van der Waals surface area contributed by atoms with Gasteiger partial charge >= 0.3 is 7.54 Å². The van der Waals surface area contributed by atoms with Crippen LogP contribution in [-0.4, -0.2) is 12.5 Å². The Hall–Kier alpha value is -2.38. The number of benzene rings is 2. The van der Waals surface area contributed by atoms with E-state index in [4.69, 9.17) is 0 Å². The molecule has 3 nitrogen and oxygen atoms in total. The first-order chi connectivity index (χ1) is 10.2. The average Bonchev–Trinajstić information content (AvgIpc) is 2.47. The van der Waals surface area contributed by atoms with Crippen LogP contribution < -0.4 is 4.70 Å². The molecule has 0 heterocycles. The molecule has 0 aliphatic rings. The third-order valence-electron chi connectivity index (χ3n) is 3.30. The Morgan fingerprint density at radius 1 is 0.913 bits per heavy atom. The zero-order valence-corrected chi connectivity index (χ0v) is 12.5. The summed E-state index contributed by atoms with van der Waals surface area (Å²) >= 11 is 0. The summed E-state index contributed by atoms with van der Waals surface area (Å²) in [5.74, 6) is 0. The SMILES string of the molecule is CC(C)(c1ccccc1)c1ccc([N+](=O)[O-])cc1.FB(F)F.[F-]. The Morgan fingerprint density at radius 3 is 1.70 bits per heavy atom. The molecule has 8 heteroatoms. The van der Waals surface area contributed by atoms with E-state index in [1.54, 1.807) is 12.1 Å². The van der Waals surface area contributed by atoms with Crippen LogP contribution in [0.15, 0.2) is 54.6 Å². The summed E-state index contributed by atoms with van der Waals surface area (Å²) in [5.41, 5.74) is 2.23. The van der Waals surface area contributed by atoms with Crippen molar-refractivity contribution in [2.75, 3.05) is 0 Å². The van der Waals surface area contributed by atoms with Crippen molar-refractivity contribution in [2.24, 2.45) is 0 Å². The lowest BCUT2D eigenvalue weighted by Gasteiger charge is -2.25. The van der Waals surface area contributed by atoms with Crippen LogP contribution in [0, 0.1) is 10.1 Å². The molecule has 2 aromatic rings. The zero-order valence-electron chi connectivity index (χ0n) is 12.5. The minimum absolute atomic E-state index is 0. The van der Waals surface area contributed by atoms with Crippen molar-refractivity contribution >= 4 is 13.2 Å². The molecule has 2 aromatic carbocycles. The van der Waals surface area contributed by atoms with Gasteiger partial charge in [-0.15, -0.1) is 0 Å². The van der Waals surface area contributed by atoms with Crippen molar-refractivity contribution in [3.63, 3.8) is 0 Å². The number of nitro benzene ring substituents is 1. The van der Waals surface area contributed by atoms with Crippen LogP contribution in [0.5, 0.6) is 0 Å². The van der Waals surface area contributed by atoms with Gasteiger partial charge in [0.25, 0.3) is 5.69 Å². The fraction of sp³-hybridized carbons (Fsp3) is 0.200. The maximum absolute atomic E-state index is 10.6. The van der Waals surface area contributed by atoms with Gasteiger partial charge in [-0.05, 0) is 11.1 Å². The minimum Gasteiger partial charge on any atom is -1.00 e. The van der Waals surface area contributed by atoms with Gasteiger partial charge in [-0.3, -0.25) is 23.1 Å². The van der Waals surface area contributed by atoms with E-state index in [2.05, 4.69) is 26.0 Å². The van der Waals surface area contributed by atoms with Gasteiger partial charge in [0.05, 0.1) is 4.92 Å². The molecule has 0 fully saturated rings. The fourth-order valence-electron chi connectivity index (χ4n) is 2.02. The highest BCUT2D eigenvalue weighted by atomic mass is 19.4. The Morgan fingerprint density at radius 2 is 1.30 bits per heavy atom. The number of nitro groups is 1. The van der Waals surface area contributed by atoms with Crippen LogP contribution in [-0.2, 0) is 5.41 Å². The lowest BCUT2D eigenvalue weighted by Crippen LogP contribution is -3.00. The molecule has 0 bridgehead atoms. The average molecular weight is 328 g/mol. The van der Waals surface area contributed by atoms with E-state index in [0.717, 1.165) is 5.56 Å². The van der Waals surface area contributed by atoms with Crippen LogP contribution in [0.25, 0.3) is 0 Å². The van der Waals surface area contributed by atoms with E-state index < -0.39 is 7.54 Å². The predicted molar refractivity (Wildman–Crippen MR) is 80.7 cm³/mol. The Bertz CT molecular complexity index is 604. The summed E-state index contributed by atoms with van der Waals surface area (Å²) in [6, 6.07) is 16.9. The summed E-state index contributed by atoms with van der Waals surface area (Å²) in [7, 11) is -3.67. The molecule has 0 atom stereocenters. The van der Waals surface area contributed by atoms with E-state index in [1.165, 1.54) is 5.56 Å². The lowest BCUT2D eigenvalue weighted by molar-refractivity contribution is -0.384. The highest BCUT2D eigenvalue weighted by molar-refractivity contribution is 6.33. The summed E-state index contributed by atoms with van der Waals surface area (Å²) in [6.07, 6.45) is 0. The molecule has 0 N–H and O–H groups in total. The molecule has 0 spiro atoms. The van der Waals surface area contributed by atoms with E-state index in [1.807, 2.05) is 30.3 Å². The minimum atomic E-state index is -3.67. The molecule has 0 radical (unpaired) electrons. The quantitative estimate of drug-likeness (QED) is 0.373. The summed E-state index contributed by atoms with van der Waals surface area (Å²) in [6.45, 7) is 4.23. The lowest BCUT2D eigenvalue weighted by atomic mass is 9.78. The van der Waals surface area contributed by atoms with Crippen LogP contribution in [0.4, 0.5) is 18.6 Å². The smallest absolute Gasteiger partial charge is 0.762 e. The highest BCUT2D eigenvalue weighted by Crippen LogP contribution is 2.31. The second kappa shape index (κ2) is 8.92. The fourth-order valence-corrected chi connectivity index (χ4v) is 2.02. The van der Waals surface area contributed by atoms with Crippen molar-refractivity contribution in [3.8, 4) is 0 Å². The summed E-state index contributed by atoms with van der Waals surface area (Å²) in [4.78, 5) is 10.3. The van der Waals surface area contributed by atoms with Gasteiger partial charge in [0.1, 0.15) is 0 Å². The molecule has 2 rings (SSSR count). The molecule has 124 valence electrons. The second-order valence-corrected chi connectivity index (χ2v) is 5.04. The van der Waals surface area contributed by atoms with E-state index in [9.17, 15) is 23.1 Å². The first kappa shape index (κ1) is 20.6. The largest absolute Gasteiger partial charge is 1.00 e. The number of hydrogen-bond donors (Lipinski definition) is 0. The Balaban J connectivity index is 0.000000871. The normalized spacial score (nSPS) is 9.96. The van der Waals surface area contributed by atoms with Gasteiger partial charge in [-0.25, -0.2) is 0 Å². The van der Waals surface area contributed by atoms with Gasteiger partial charge in [0.2, 0.25) is 0 Å². The molecule has 0 unspecified atom stereocenters. The van der Waals surface area contributed by atoms with Crippen molar-refractivity contribution in [2.45, 2.75) is 19.3 Å². The van der Waals surface area contributed by atoms with Gasteiger partial charge in [-0.2, -0.15) is 0 Å². The Labute approximate surface area is 131 Å². The van der Waals surface area contributed by atoms with Gasteiger partial charge in [0.15, 0.2) is 0 Å². The topological polar surface area (TPSA) is 43.1 Å². The van der Waals surface area contributed by atoms with Crippen LogP contribution >= 0.6 is 0 Å². The second-order valence-electron chi connectivity index (χ2n) is 5.04. The van der Waals surface area contributed by atoms with Gasteiger partial charge < -0.3 is 4.70 Å². The Kier molecular flexibility index (Phi) is 8.00. The monoisotopic (exact) mass is 328 g/mol. The predicted octanol–water partition coefficient (Wildman–Crippen LogP) is 1.80. The van der Waals surface area contributed by atoms with E-state index in [0.29, 0.717) is 0 Å². The maximum Gasteiger partial charge on any atom is 0.762 e. The number of halogens is 4. The standard InChI is InChI=1S/C15H15NO2.BF3.FH/c1-15(2,12-6-4-3-5-7-12)13-8-10-14(11-9-13)16(17)18;2-1(3)4;/h3-11H,1-2H3;;1H/p-1. The van der Waals surface area contributed by atoms with Crippen LogP contribution in [0.3, 0.4) is 0 Å². The van der Waals surface area contributed by atoms with Crippen molar-refractivity contribution in [1.29, 1.82) is 0 Å². The number of hydrogen-bond acceptors (Lipinski definition) is 2. The maximum atomic E-state index is 10.6. The van der Waals surface area contributed by atoms with Crippen molar-refractivity contribution in [3.05, 3.63) is 75.8 Å². The van der Waals surface area contributed by atoms with E-state index in [-0.39, 0.29) is 20.7 Å². The molecule has 0 saturated carbocycles. The van der Waals surface area contributed by atoms with E-state index >= 15 is 0 Å².